The van der Waals surface area contributed by atoms with Gasteiger partial charge in [-0.3, -0.25) is 4.79 Å². The predicted molar refractivity (Wildman–Crippen MR) is 57.5 cm³/mol. The number of amides is 1. The Morgan fingerprint density at radius 2 is 2.27 bits per heavy atom. The maximum Gasteiger partial charge on any atom is 0.239 e. The molecule has 6 heteroatoms. The topological polar surface area (TPSA) is 103 Å². The Morgan fingerprint density at radius 3 is 2.80 bits per heavy atom. The zero-order valence-electron chi connectivity index (χ0n) is 8.65. The van der Waals surface area contributed by atoms with Gasteiger partial charge in [-0.15, -0.1) is 0 Å². The van der Waals surface area contributed by atoms with E-state index in [1.54, 1.807) is 19.1 Å². The van der Waals surface area contributed by atoms with Crippen LogP contribution in [-0.4, -0.2) is 24.0 Å². The number of methoxy groups -OCH3 is 1. The number of carbonyl (C=O) groups is 1. The van der Waals surface area contributed by atoms with Gasteiger partial charge in [0.05, 0.1) is 12.8 Å². The molecule has 0 saturated heterocycles. The molecule has 5 N–H and O–H groups in total. The van der Waals surface area contributed by atoms with E-state index in [1.807, 2.05) is 0 Å². The minimum absolute atomic E-state index is 0.316. The minimum atomic E-state index is -0.495. The van der Waals surface area contributed by atoms with E-state index in [-0.39, 0.29) is 0 Å². The van der Waals surface area contributed by atoms with Crippen LogP contribution in [0.4, 0.5) is 11.5 Å². The number of nitrogen functional groups attached to an aromatic ring is 1. The summed E-state index contributed by atoms with van der Waals surface area (Å²) < 4.78 is 4.94. The summed E-state index contributed by atoms with van der Waals surface area (Å²) in [6.07, 6.45) is 0. The summed E-state index contributed by atoms with van der Waals surface area (Å²) in [5.41, 5.74) is 11.1. The number of primary amides is 1. The number of nitrogens with two attached hydrogens (primary N) is 2. The van der Waals surface area contributed by atoms with E-state index in [0.29, 0.717) is 17.4 Å². The molecule has 1 amide bonds. The zero-order chi connectivity index (χ0) is 11.4. The first-order valence-electron chi connectivity index (χ1n) is 4.41. The molecule has 0 aliphatic carbocycles. The van der Waals surface area contributed by atoms with Crippen LogP contribution < -0.4 is 21.5 Å². The third kappa shape index (κ3) is 2.73. The second kappa shape index (κ2) is 4.50. The Labute approximate surface area is 87.6 Å². The minimum Gasteiger partial charge on any atom is -0.479 e. The fourth-order valence-corrected chi connectivity index (χ4v) is 0.988. The summed E-state index contributed by atoms with van der Waals surface area (Å²) in [4.78, 5) is 14.8. The highest BCUT2D eigenvalue weighted by molar-refractivity contribution is 5.82. The Hall–Kier alpha value is -1.98. The maximum atomic E-state index is 10.8. The molecule has 0 aliphatic rings. The van der Waals surface area contributed by atoms with Crippen LogP contribution in [0.25, 0.3) is 0 Å². The summed E-state index contributed by atoms with van der Waals surface area (Å²) in [6, 6.07) is 2.80. The van der Waals surface area contributed by atoms with Gasteiger partial charge < -0.3 is 21.5 Å². The smallest absolute Gasteiger partial charge is 0.239 e. The number of anilines is 2. The number of pyridine rings is 1. The molecule has 6 nitrogen and oxygen atoms in total. The second-order valence-corrected chi connectivity index (χ2v) is 3.06. The SMILES string of the molecule is COc1nc(NC(C)C(N)=O)ccc1N. The van der Waals surface area contributed by atoms with Crippen LogP contribution in [-0.2, 0) is 4.79 Å². The van der Waals surface area contributed by atoms with Gasteiger partial charge in [0.25, 0.3) is 0 Å². The highest BCUT2D eigenvalue weighted by atomic mass is 16.5. The molecule has 0 saturated carbocycles. The van der Waals surface area contributed by atoms with Crippen molar-refractivity contribution in [3.05, 3.63) is 12.1 Å². The van der Waals surface area contributed by atoms with Crippen LogP contribution in [0.15, 0.2) is 12.1 Å². The van der Waals surface area contributed by atoms with E-state index in [4.69, 9.17) is 16.2 Å². The Morgan fingerprint density at radius 1 is 1.60 bits per heavy atom. The van der Waals surface area contributed by atoms with Gasteiger partial charge in [-0.05, 0) is 19.1 Å². The van der Waals surface area contributed by atoms with Crippen molar-refractivity contribution in [2.24, 2.45) is 5.73 Å². The van der Waals surface area contributed by atoms with Crippen molar-refractivity contribution in [3.8, 4) is 5.88 Å². The summed E-state index contributed by atoms with van der Waals surface area (Å²) in [6.45, 7) is 1.65. The van der Waals surface area contributed by atoms with Crippen molar-refractivity contribution >= 4 is 17.4 Å². The van der Waals surface area contributed by atoms with Crippen LogP contribution >= 0.6 is 0 Å². The van der Waals surface area contributed by atoms with Crippen LogP contribution in [0.2, 0.25) is 0 Å². The number of carbonyl (C=O) groups excluding carboxylic acids is 1. The summed E-state index contributed by atoms with van der Waals surface area (Å²) in [5, 5.41) is 2.82. The van der Waals surface area contributed by atoms with Gasteiger partial charge in [-0.2, -0.15) is 4.98 Å². The first kappa shape index (κ1) is 11.1. The standard InChI is InChI=1S/C9H14N4O2/c1-5(8(11)14)12-7-4-3-6(10)9(13-7)15-2/h3-5H,10H2,1-2H3,(H2,11,14)(H,12,13). The van der Waals surface area contributed by atoms with E-state index in [0.717, 1.165) is 0 Å². The molecule has 0 bridgehead atoms. The van der Waals surface area contributed by atoms with Crippen LogP contribution in [0, 0.1) is 0 Å². The van der Waals surface area contributed by atoms with Crippen LogP contribution in [0.5, 0.6) is 5.88 Å². The van der Waals surface area contributed by atoms with Crippen molar-refractivity contribution in [1.82, 2.24) is 4.98 Å². The monoisotopic (exact) mass is 210 g/mol. The number of aromatic nitrogens is 1. The summed E-state index contributed by atoms with van der Waals surface area (Å²) >= 11 is 0. The number of nitrogens with one attached hydrogen (secondary N) is 1. The number of rotatable bonds is 4. The van der Waals surface area contributed by atoms with E-state index in [2.05, 4.69) is 10.3 Å². The molecule has 0 spiro atoms. The molecule has 1 atom stereocenters. The van der Waals surface area contributed by atoms with Crippen molar-refractivity contribution in [1.29, 1.82) is 0 Å². The summed E-state index contributed by atoms with van der Waals surface area (Å²) in [5.74, 6) is 0.358. The Kier molecular flexibility index (Phi) is 3.33. The average molecular weight is 210 g/mol. The van der Waals surface area contributed by atoms with Gasteiger partial charge in [0.15, 0.2) is 0 Å². The molecule has 1 aromatic rings. The van der Waals surface area contributed by atoms with Gasteiger partial charge in [0.2, 0.25) is 11.8 Å². The lowest BCUT2D eigenvalue weighted by atomic mass is 10.3. The van der Waals surface area contributed by atoms with Gasteiger partial charge in [-0.25, -0.2) is 0 Å². The van der Waals surface area contributed by atoms with Crippen LogP contribution in [0.3, 0.4) is 0 Å². The van der Waals surface area contributed by atoms with Crippen molar-refractivity contribution < 1.29 is 9.53 Å². The van der Waals surface area contributed by atoms with E-state index >= 15 is 0 Å². The number of hydrogen-bond donors (Lipinski definition) is 3. The lowest BCUT2D eigenvalue weighted by Gasteiger charge is -2.12. The van der Waals surface area contributed by atoms with Crippen molar-refractivity contribution in [2.45, 2.75) is 13.0 Å². The molecule has 0 aliphatic heterocycles. The van der Waals surface area contributed by atoms with Gasteiger partial charge in [0.1, 0.15) is 11.9 Å². The molecule has 1 aromatic heterocycles. The second-order valence-electron chi connectivity index (χ2n) is 3.06. The number of nitrogens with zero attached hydrogens (tertiary/aromatic N) is 1. The summed E-state index contributed by atoms with van der Waals surface area (Å²) in [7, 11) is 1.47. The fourth-order valence-electron chi connectivity index (χ4n) is 0.988. The zero-order valence-corrected chi connectivity index (χ0v) is 8.65. The molecular weight excluding hydrogens is 196 g/mol. The normalized spacial score (nSPS) is 11.9. The molecule has 1 rings (SSSR count). The average Bonchev–Trinajstić information content (AvgIpc) is 2.20. The quantitative estimate of drug-likeness (QED) is 0.646. The molecule has 0 aromatic carbocycles. The molecule has 0 radical (unpaired) electrons. The van der Waals surface area contributed by atoms with Crippen molar-refractivity contribution in [3.63, 3.8) is 0 Å². The predicted octanol–water partition coefficient (Wildman–Crippen LogP) is -0.0419. The maximum absolute atomic E-state index is 10.8. The first-order valence-corrected chi connectivity index (χ1v) is 4.41. The van der Waals surface area contributed by atoms with E-state index < -0.39 is 11.9 Å². The number of hydrogen-bond acceptors (Lipinski definition) is 5. The number of ether oxygens (including phenoxy) is 1. The third-order valence-corrected chi connectivity index (χ3v) is 1.87. The fraction of sp³-hybridized carbons (Fsp3) is 0.333. The Bertz CT molecular complexity index is 367. The lowest BCUT2D eigenvalue weighted by Crippen LogP contribution is -2.32. The van der Waals surface area contributed by atoms with Crippen molar-refractivity contribution in [2.75, 3.05) is 18.2 Å². The first-order chi connectivity index (χ1) is 7.04. The van der Waals surface area contributed by atoms with Crippen LogP contribution in [0.1, 0.15) is 6.92 Å². The van der Waals surface area contributed by atoms with Gasteiger partial charge >= 0.3 is 0 Å². The van der Waals surface area contributed by atoms with Gasteiger partial charge in [0, 0.05) is 0 Å². The molecule has 0 fully saturated rings. The molecule has 1 unspecified atom stereocenters. The van der Waals surface area contributed by atoms with E-state index in [1.165, 1.54) is 7.11 Å². The Balaban J connectivity index is 2.83. The van der Waals surface area contributed by atoms with E-state index in [9.17, 15) is 4.79 Å². The lowest BCUT2D eigenvalue weighted by molar-refractivity contribution is -0.118. The highest BCUT2D eigenvalue weighted by Gasteiger charge is 2.10. The molecule has 15 heavy (non-hydrogen) atoms. The largest absolute Gasteiger partial charge is 0.479 e. The third-order valence-electron chi connectivity index (χ3n) is 1.87. The molecule has 1 heterocycles. The highest BCUT2D eigenvalue weighted by Crippen LogP contribution is 2.20. The molecular formula is C9H14N4O2. The van der Waals surface area contributed by atoms with Gasteiger partial charge in [-0.1, -0.05) is 0 Å². The molecule has 82 valence electrons.